The molecule has 0 aromatic carbocycles. The second-order valence-corrected chi connectivity index (χ2v) is 6.80. The highest BCUT2D eigenvalue weighted by Crippen LogP contribution is 2.51. The van der Waals surface area contributed by atoms with Gasteiger partial charge in [0.25, 0.3) is 0 Å². The number of aryl methyl sites for hydroxylation is 1. The van der Waals surface area contributed by atoms with Gasteiger partial charge in [-0.05, 0) is 30.4 Å². The Labute approximate surface area is 127 Å². The molecule has 0 radical (unpaired) electrons. The molecule has 21 heavy (non-hydrogen) atoms. The van der Waals surface area contributed by atoms with Crippen LogP contribution in [0.4, 0.5) is 0 Å². The van der Waals surface area contributed by atoms with Gasteiger partial charge in [-0.25, -0.2) is 4.79 Å². The maximum absolute atomic E-state index is 12.6. The van der Waals surface area contributed by atoms with Crippen molar-refractivity contribution in [2.45, 2.75) is 37.8 Å². The number of methoxy groups -OCH3 is 1. The zero-order chi connectivity index (χ0) is 15.1. The number of carbonyl (C=O) groups is 2. The average molecular weight is 309 g/mol. The van der Waals surface area contributed by atoms with E-state index in [9.17, 15) is 14.7 Å². The van der Waals surface area contributed by atoms with Crippen LogP contribution in [0.2, 0.25) is 0 Å². The van der Waals surface area contributed by atoms with Gasteiger partial charge in [-0.2, -0.15) is 0 Å². The molecule has 1 aromatic rings. The van der Waals surface area contributed by atoms with Crippen LogP contribution in [-0.4, -0.2) is 47.7 Å². The van der Waals surface area contributed by atoms with E-state index in [-0.39, 0.29) is 23.8 Å². The lowest BCUT2D eigenvalue weighted by atomic mass is 10.1. The Hall–Kier alpha value is -1.40. The van der Waals surface area contributed by atoms with Crippen LogP contribution in [0.25, 0.3) is 0 Å². The first-order chi connectivity index (χ1) is 10.0. The van der Waals surface area contributed by atoms with Crippen molar-refractivity contribution >= 4 is 23.2 Å². The van der Waals surface area contributed by atoms with E-state index in [2.05, 4.69) is 13.0 Å². The molecule has 1 aliphatic carbocycles. The fourth-order valence-corrected chi connectivity index (χ4v) is 4.29. The van der Waals surface area contributed by atoms with Gasteiger partial charge in [0.15, 0.2) is 0 Å². The monoisotopic (exact) mass is 309 g/mol. The molecule has 5 nitrogen and oxygen atoms in total. The van der Waals surface area contributed by atoms with Gasteiger partial charge >= 0.3 is 5.97 Å². The Kier molecular flexibility index (Phi) is 3.75. The van der Waals surface area contributed by atoms with Crippen molar-refractivity contribution < 1.29 is 19.4 Å². The number of hydrogen-bond donors (Lipinski definition) is 1. The SMILES string of the molecule is COC1CC(C(=O)O)N(C(=O)C2CC2c2sccc2C)C1. The molecule has 1 aliphatic heterocycles. The first-order valence-corrected chi connectivity index (χ1v) is 8.01. The van der Waals surface area contributed by atoms with Crippen LogP contribution >= 0.6 is 11.3 Å². The quantitative estimate of drug-likeness (QED) is 0.922. The summed E-state index contributed by atoms with van der Waals surface area (Å²) in [7, 11) is 1.56. The molecule has 1 N–H and O–H groups in total. The topological polar surface area (TPSA) is 66.8 Å². The second kappa shape index (κ2) is 5.42. The molecule has 1 saturated carbocycles. The Balaban J connectivity index is 1.71. The van der Waals surface area contributed by atoms with Crippen molar-refractivity contribution in [3.63, 3.8) is 0 Å². The molecule has 1 amide bonds. The fraction of sp³-hybridized carbons (Fsp3) is 0.600. The number of rotatable bonds is 4. The molecule has 0 bridgehead atoms. The van der Waals surface area contributed by atoms with Crippen LogP contribution in [-0.2, 0) is 14.3 Å². The number of thiophene rings is 1. The summed E-state index contributed by atoms with van der Waals surface area (Å²) in [5.41, 5.74) is 1.23. The van der Waals surface area contributed by atoms with Crippen molar-refractivity contribution in [2.75, 3.05) is 13.7 Å². The van der Waals surface area contributed by atoms with E-state index >= 15 is 0 Å². The highest BCUT2D eigenvalue weighted by molar-refractivity contribution is 7.10. The molecule has 3 rings (SSSR count). The third-order valence-corrected chi connectivity index (χ3v) is 5.66. The van der Waals surface area contributed by atoms with E-state index in [1.165, 1.54) is 15.3 Å². The number of ether oxygens (including phenoxy) is 1. The number of nitrogens with zero attached hydrogens (tertiary/aromatic N) is 1. The molecule has 2 heterocycles. The maximum atomic E-state index is 12.6. The first-order valence-electron chi connectivity index (χ1n) is 7.13. The lowest BCUT2D eigenvalue weighted by Crippen LogP contribution is -2.41. The van der Waals surface area contributed by atoms with E-state index in [4.69, 9.17) is 4.74 Å². The summed E-state index contributed by atoms with van der Waals surface area (Å²) >= 11 is 1.68. The second-order valence-electron chi connectivity index (χ2n) is 5.85. The van der Waals surface area contributed by atoms with E-state index in [1.807, 2.05) is 5.38 Å². The molecule has 1 saturated heterocycles. The Morgan fingerprint density at radius 1 is 1.43 bits per heavy atom. The normalized spacial score (nSPS) is 31.4. The van der Waals surface area contributed by atoms with Gasteiger partial charge in [0.2, 0.25) is 5.91 Å². The smallest absolute Gasteiger partial charge is 0.326 e. The molecular weight excluding hydrogens is 290 g/mol. The zero-order valence-electron chi connectivity index (χ0n) is 12.1. The van der Waals surface area contributed by atoms with Gasteiger partial charge in [0, 0.05) is 36.8 Å². The third-order valence-electron chi connectivity index (χ3n) is 4.51. The van der Waals surface area contributed by atoms with Crippen molar-refractivity contribution in [1.29, 1.82) is 0 Å². The van der Waals surface area contributed by atoms with E-state index in [1.54, 1.807) is 18.4 Å². The van der Waals surface area contributed by atoms with Gasteiger partial charge in [-0.1, -0.05) is 0 Å². The van der Waals surface area contributed by atoms with Gasteiger partial charge in [-0.3, -0.25) is 4.79 Å². The molecule has 1 aromatic heterocycles. The minimum atomic E-state index is -0.938. The Morgan fingerprint density at radius 2 is 2.19 bits per heavy atom. The van der Waals surface area contributed by atoms with Crippen LogP contribution in [0.15, 0.2) is 11.4 Å². The lowest BCUT2D eigenvalue weighted by molar-refractivity contribution is -0.148. The van der Waals surface area contributed by atoms with Crippen LogP contribution in [0, 0.1) is 12.8 Å². The van der Waals surface area contributed by atoms with Crippen LogP contribution in [0.5, 0.6) is 0 Å². The summed E-state index contributed by atoms with van der Waals surface area (Å²) < 4.78 is 5.24. The first kappa shape index (κ1) is 14.5. The molecule has 4 atom stereocenters. The largest absolute Gasteiger partial charge is 0.480 e. The van der Waals surface area contributed by atoms with Crippen molar-refractivity contribution in [3.8, 4) is 0 Å². The highest BCUT2D eigenvalue weighted by atomic mass is 32.1. The predicted molar refractivity (Wildman–Crippen MR) is 78.5 cm³/mol. The number of carboxylic acids is 1. The number of hydrogen-bond acceptors (Lipinski definition) is 4. The van der Waals surface area contributed by atoms with Gasteiger partial charge in [0.05, 0.1) is 6.10 Å². The summed E-state index contributed by atoms with van der Waals surface area (Å²) in [4.78, 5) is 26.7. The van der Waals surface area contributed by atoms with E-state index in [0.29, 0.717) is 13.0 Å². The third kappa shape index (κ3) is 2.58. The van der Waals surface area contributed by atoms with Crippen LogP contribution in [0.1, 0.15) is 29.2 Å². The van der Waals surface area contributed by atoms with Crippen LogP contribution < -0.4 is 0 Å². The number of carbonyl (C=O) groups excluding carboxylic acids is 1. The van der Waals surface area contributed by atoms with Crippen molar-refractivity contribution in [3.05, 3.63) is 21.9 Å². The summed E-state index contributed by atoms with van der Waals surface area (Å²) in [5, 5.41) is 11.3. The highest BCUT2D eigenvalue weighted by Gasteiger charge is 2.51. The van der Waals surface area contributed by atoms with Crippen LogP contribution in [0.3, 0.4) is 0 Å². The minimum Gasteiger partial charge on any atom is -0.480 e. The molecule has 4 unspecified atom stereocenters. The average Bonchev–Trinajstić information content (AvgIpc) is 2.93. The number of amides is 1. The molecular formula is C15H19NO4S. The molecule has 114 valence electrons. The summed E-state index contributed by atoms with van der Waals surface area (Å²) in [6, 6.07) is 1.32. The number of carboxylic acid groups (broad SMARTS) is 1. The molecule has 2 fully saturated rings. The van der Waals surface area contributed by atoms with Gasteiger partial charge in [-0.15, -0.1) is 11.3 Å². The zero-order valence-corrected chi connectivity index (χ0v) is 12.9. The maximum Gasteiger partial charge on any atom is 0.326 e. The Bertz CT molecular complexity index is 570. The summed E-state index contributed by atoms with van der Waals surface area (Å²) in [5.74, 6) is -0.750. The molecule has 0 spiro atoms. The Morgan fingerprint density at radius 3 is 2.76 bits per heavy atom. The standard InChI is InChI=1S/C15H19NO4S/c1-8-3-4-21-13(8)10-6-11(10)14(17)16-7-9(20-2)5-12(16)15(18)19/h3-4,9-12H,5-7H2,1-2H3,(H,18,19). The van der Waals surface area contributed by atoms with Gasteiger partial charge < -0.3 is 14.7 Å². The summed E-state index contributed by atoms with van der Waals surface area (Å²) in [6.45, 7) is 2.45. The van der Waals surface area contributed by atoms with Crippen molar-refractivity contribution in [1.82, 2.24) is 4.90 Å². The number of aliphatic carboxylic acids is 1. The van der Waals surface area contributed by atoms with Gasteiger partial charge in [0.1, 0.15) is 6.04 Å². The lowest BCUT2D eigenvalue weighted by Gasteiger charge is -2.21. The number of likely N-dealkylation sites (tertiary alicyclic amines) is 1. The molecule has 6 heteroatoms. The fourth-order valence-electron chi connectivity index (χ4n) is 3.18. The van der Waals surface area contributed by atoms with E-state index < -0.39 is 12.0 Å². The van der Waals surface area contributed by atoms with E-state index in [0.717, 1.165) is 6.42 Å². The van der Waals surface area contributed by atoms with Crippen molar-refractivity contribution in [2.24, 2.45) is 5.92 Å². The summed E-state index contributed by atoms with van der Waals surface area (Å²) in [6.07, 6.45) is 1.05. The minimum absolute atomic E-state index is 0.0280. The predicted octanol–water partition coefficient (Wildman–Crippen LogP) is 1.86. The molecule has 2 aliphatic rings.